The van der Waals surface area contributed by atoms with Crippen LogP contribution in [0.2, 0.25) is 0 Å². The van der Waals surface area contributed by atoms with Crippen molar-refractivity contribution in [1.82, 2.24) is 0 Å². The SMILES string of the molecule is Cc1ccc(F)c([C@@H](N)C2CCCC2)c1. The number of aryl methyl sites for hydroxylation is 1. The Morgan fingerprint density at radius 1 is 1.33 bits per heavy atom. The van der Waals surface area contributed by atoms with Gasteiger partial charge in [-0.15, -0.1) is 0 Å². The van der Waals surface area contributed by atoms with Crippen molar-refractivity contribution < 1.29 is 4.39 Å². The van der Waals surface area contributed by atoms with E-state index < -0.39 is 0 Å². The van der Waals surface area contributed by atoms with Crippen LogP contribution in [0.25, 0.3) is 0 Å². The quantitative estimate of drug-likeness (QED) is 0.791. The number of hydrogen-bond donors (Lipinski definition) is 1. The van der Waals surface area contributed by atoms with Crippen LogP contribution in [0, 0.1) is 18.7 Å². The van der Waals surface area contributed by atoms with Gasteiger partial charge >= 0.3 is 0 Å². The minimum absolute atomic E-state index is 0.118. The average Bonchev–Trinajstić information content (AvgIpc) is 2.74. The van der Waals surface area contributed by atoms with E-state index in [2.05, 4.69) is 0 Å². The number of benzene rings is 1. The van der Waals surface area contributed by atoms with Crippen LogP contribution in [0.15, 0.2) is 18.2 Å². The predicted octanol–water partition coefficient (Wildman–Crippen LogP) is 3.32. The Balaban J connectivity index is 2.23. The predicted molar refractivity (Wildman–Crippen MR) is 60.0 cm³/mol. The summed E-state index contributed by atoms with van der Waals surface area (Å²) in [6, 6.07) is 5.09. The van der Waals surface area contributed by atoms with E-state index in [4.69, 9.17) is 5.73 Å². The molecule has 0 radical (unpaired) electrons. The molecule has 1 aliphatic carbocycles. The molecule has 0 aliphatic heterocycles. The molecule has 0 spiro atoms. The second kappa shape index (κ2) is 4.31. The van der Waals surface area contributed by atoms with Gasteiger partial charge in [0.25, 0.3) is 0 Å². The lowest BCUT2D eigenvalue weighted by Gasteiger charge is -2.20. The second-order valence-electron chi connectivity index (χ2n) is 4.60. The lowest BCUT2D eigenvalue weighted by atomic mass is 9.91. The van der Waals surface area contributed by atoms with Crippen molar-refractivity contribution >= 4 is 0 Å². The average molecular weight is 207 g/mol. The minimum atomic E-state index is -0.153. The van der Waals surface area contributed by atoms with Gasteiger partial charge in [0, 0.05) is 11.6 Å². The van der Waals surface area contributed by atoms with Gasteiger partial charge in [-0.05, 0) is 31.7 Å². The van der Waals surface area contributed by atoms with Crippen LogP contribution in [0.3, 0.4) is 0 Å². The highest BCUT2D eigenvalue weighted by Gasteiger charge is 2.25. The molecular formula is C13H18FN. The third kappa shape index (κ3) is 2.20. The second-order valence-corrected chi connectivity index (χ2v) is 4.60. The molecule has 0 saturated heterocycles. The van der Waals surface area contributed by atoms with Gasteiger partial charge in [-0.25, -0.2) is 4.39 Å². The van der Waals surface area contributed by atoms with Crippen LogP contribution in [0.5, 0.6) is 0 Å². The van der Waals surface area contributed by atoms with Crippen molar-refractivity contribution in [2.24, 2.45) is 11.7 Å². The molecule has 1 fully saturated rings. The monoisotopic (exact) mass is 207 g/mol. The Bertz CT molecular complexity index is 342. The van der Waals surface area contributed by atoms with Crippen LogP contribution in [0.4, 0.5) is 4.39 Å². The van der Waals surface area contributed by atoms with E-state index in [1.54, 1.807) is 6.07 Å². The molecule has 0 aromatic heterocycles. The molecule has 1 aromatic rings. The van der Waals surface area contributed by atoms with E-state index >= 15 is 0 Å². The number of rotatable bonds is 2. The van der Waals surface area contributed by atoms with Crippen molar-refractivity contribution in [3.63, 3.8) is 0 Å². The van der Waals surface area contributed by atoms with Crippen LogP contribution >= 0.6 is 0 Å². The lowest BCUT2D eigenvalue weighted by Crippen LogP contribution is -2.20. The lowest BCUT2D eigenvalue weighted by molar-refractivity contribution is 0.428. The first kappa shape index (κ1) is 10.6. The Kier molecular flexibility index (Phi) is 3.06. The summed E-state index contributed by atoms with van der Waals surface area (Å²) in [6.07, 6.45) is 4.78. The summed E-state index contributed by atoms with van der Waals surface area (Å²) in [7, 11) is 0. The molecule has 1 nitrogen and oxygen atoms in total. The molecule has 15 heavy (non-hydrogen) atoms. The molecule has 1 aromatic carbocycles. The summed E-state index contributed by atoms with van der Waals surface area (Å²) in [4.78, 5) is 0. The Hall–Kier alpha value is -0.890. The number of nitrogens with two attached hydrogens (primary N) is 1. The number of hydrogen-bond acceptors (Lipinski definition) is 1. The standard InChI is InChI=1S/C13H18FN/c1-9-6-7-12(14)11(8-9)13(15)10-4-2-3-5-10/h6-8,10,13H,2-5,15H2,1H3/t13-/m0/s1. The zero-order valence-corrected chi connectivity index (χ0v) is 9.17. The van der Waals surface area contributed by atoms with Crippen LogP contribution in [-0.4, -0.2) is 0 Å². The molecule has 2 heteroatoms. The smallest absolute Gasteiger partial charge is 0.127 e. The van der Waals surface area contributed by atoms with Gasteiger partial charge in [0.1, 0.15) is 5.82 Å². The van der Waals surface area contributed by atoms with Gasteiger partial charge in [-0.2, -0.15) is 0 Å². The Morgan fingerprint density at radius 3 is 2.67 bits per heavy atom. The van der Waals surface area contributed by atoms with Crippen molar-refractivity contribution in [2.45, 2.75) is 38.6 Å². The van der Waals surface area contributed by atoms with Crippen molar-refractivity contribution in [1.29, 1.82) is 0 Å². The van der Waals surface area contributed by atoms with Crippen LogP contribution in [-0.2, 0) is 0 Å². The summed E-state index contributed by atoms with van der Waals surface area (Å²) < 4.78 is 13.6. The van der Waals surface area contributed by atoms with E-state index in [0.29, 0.717) is 11.5 Å². The van der Waals surface area contributed by atoms with E-state index in [-0.39, 0.29) is 11.9 Å². The zero-order valence-electron chi connectivity index (χ0n) is 9.17. The van der Waals surface area contributed by atoms with Gasteiger partial charge in [0.2, 0.25) is 0 Å². The summed E-state index contributed by atoms with van der Waals surface area (Å²) in [6.45, 7) is 1.98. The molecule has 1 atom stereocenters. The summed E-state index contributed by atoms with van der Waals surface area (Å²) >= 11 is 0. The summed E-state index contributed by atoms with van der Waals surface area (Å²) in [5.74, 6) is 0.321. The highest BCUT2D eigenvalue weighted by molar-refractivity contribution is 5.27. The van der Waals surface area contributed by atoms with Crippen LogP contribution < -0.4 is 5.73 Å². The summed E-state index contributed by atoms with van der Waals surface area (Å²) in [5.41, 5.74) is 7.91. The minimum Gasteiger partial charge on any atom is -0.324 e. The summed E-state index contributed by atoms with van der Waals surface area (Å²) in [5, 5.41) is 0. The van der Waals surface area contributed by atoms with E-state index in [0.717, 1.165) is 18.4 Å². The largest absolute Gasteiger partial charge is 0.324 e. The molecule has 0 unspecified atom stereocenters. The molecule has 82 valence electrons. The molecule has 2 N–H and O–H groups in total. The highest BCUT2D eigenvalue weighted by Crippen LogP contribution is 2.35. The van der Waals surface area contributed by atoms with Crippen LogP contribution in [0.1, 0.15) is 42.9 Å². The first-order valence-electron chi connectivity index (χ1n) is 5.70. The fourth-order valence-electron chi connectivity index (χ4n) is 2.49. The normalized spacial score (nSPS) is 19.4. The maximum atomic E-state index is 13.6. The zero-order chi connectivity index (χ0) is 10.8. The highest BCUT2D eigenvalue weighted by atomic mass is 19.1. The molecule has 1 aliphatic rings. The van der Waals surface area contributed by atoms with Gasteiger partial charge in [-0.3, -0.25) is 0 Å². The fourth-order valence-corrected chi connectivity index (χ4v) is 2.49. The third-order valence-corrected chi connectivity index (χ3v) is 3.42. The third-order valence-electron chi connectivity index (χ3n) is 3.42. The van der Waals surface area contributed by atoms with E-state index in [9.17, 15) is 4.39 Å². The van der Waals surface area contributed by atoms with Gasteiger partial charge < -0.3 is 5.73 Å². The molecule has 0 amide bonds. The van der Waals surface area contributed by atoms with Gasteiger partial charge in [-0.1, -0.05) is 30.5 Å². The van der Waals surface area contributed by atoms with Crippen molar-refractivity contribution in [3.8, 4) is 0 Å². The maximum absolute atomic E-state index is 13.6. The fraction of sp³-hybridized carbons (Fsp3) is 0.538. The molecule has 0 heterocycles. The molecule has 0 bridgehead atoms. The van der Waals surface area contributed by atoms with Gasteiger partial charge in [0.15, 0.2) is 0 Å². The maximum Gasteiger partial charge on any atom is 0.127 e. The first-order valence-corrected chi connectivity index (χ1v) is 5.70. The Labute approximate surface area is 90.5 Å². The van der Waals surface area contributed by atoms with Gasteiger partial charge in [0.05, 0.1) is 0 Å². The molecule has 2 rings (SSSR count). The van der Waals surface area contributed by atoms with Crippen molar-refractivity contribution in [2.75, 3.05) is 0 Å². The Morgan fingerprint density at radius 2 is 2.00 bits per heavy atom. The number of halogens is 1. The molecule has 1 saturated carbocycles. The topological polar surface area (TPSA) is 26.0 Å². The first-order chi connectivity index (χ1) is 7.18. The van der Waals surface area contributed by atoms with E-state index in [1.165, 1.54) is 18.9 Å². The van der Waals surface area contributed by atoms with Crippen molar-refractivity contribution in [3.05, 3.63) is 35.1 Å². The molecular weight excluding hydrogens is 189 g/mol. The van der Waals surface area contributed by atoms with E-state index in [1.807, 2.05) is 13.0 Å².